The van der Waals surface area contributed by atoms with Gasteiger partial charge in [-0.2, -0.15) is 5.10 Å². The van der Waals surface area contributed by atoms with E-state index in [0.717, 1.165) is 63.7 Å². The van der Waals surface area contributed by atoms with Crippen LogP contribution in [0.15, 0.2) is 6.07 Å². The monoisotopic (exact) mass is 309 g/mol. The van der Waals surface area contributed by atoms with Gasteiger partial charge in [0.15, 0.2) is 0 Å². The quantitative estimate of drug-likeness (QED) is 0.700. The minimum atomic E-state index is 0.418. The van der Waals surface area contributed by atoms with Crippen LogP contribution in [-0.2, 0) is 22.6 Å². The van der Waals surface area contributed by atoms with E-state index in [4.69, 9.17) is 4.74 Å². The molecule has 0 bridgehead atoms. The van der Waals surface area contributed by atoms with E-state index in [0.29, 0.717) is 6.04 Å². The van der Waals surface area contributed by atoms with Gasteiger partial charge in [0.2, 0.25) is 6.41 Å². The SMILES string of the molecule is CNC(C)CCn1nc(CN2CCOCC2)cc1N(C)C=O. The van der Waals surface area contributed by atoms with E-state index < -0.39 is 0 Å². The van der Waals surface area contributed by atoms with Gasteiger partial charge < -0.3 is 15.0 Å². The molecule has 1 atom stereocenters. The highest BCUT2D eigenvalue weighted by Gasteiger charge is 2.16. The van der Waals surface area contributed by atoms with Crippen LogP contribution < -0.4 is 10.2 Å². The molecule has 2 heterocycles. The number of nitrogens with zero attached hydrogens (tertiary/aromatic N) is 4. The Balaban J connectivity index is 2.06. The van der Waals surface area contributed by atoms with Crippen molar-refractivity contribution in [2.75, 3.05) is 45.3 Å². The number of nitrogens with one attached hydrogen (secondary N) is 1. The molecule has 0 aliphatic carbocycles. The van der Waals surface area contributed by atoms with Gasteiger partial charge in [0.05, 0.1) is 18.9 Å². The van der Waals surface area contributed by atoms with Gasteiger partial charge in [-0.05, 0) is 20.4 Å². The molecule has 1 unspecified atom stereocenters. The third kappa shape index (κ3) is 4.53. The molecule has 22 heavy (non-hydrogen) atoms. The fraction of sp³-hybridized carbons (Fsp3) is 0.733. The van der Waals surface area contributed by atoms with Crippen LogP contribution in [0.5, 0.6) is 0 Å². The number of carbonyl (C=O) groups is 1. The highest BCUT2D eigenvalue weighted by Crippen LogP contribution is 2.17. The number of carbonyl (C=O) groups excluding carboxylic acids is 1. The number of morpholine rings is 1. The van der Waals surface area contributed by atoms with Gasteiger partial charge in [-0.15, -0.1) is 0 Å². The minimum absolute atomic E-state index is 0.418. The molecular weight excluding hydrogens is 282 g/mol. The van der Waals surface area contributed by atoms with E-state index in [9.17, 15) is 4.79 Å². The number of rotatable bonds is 8. The average molecular weight is 309 g/mol. The first-order chi connectivity index (χ1) is 10.6. The smallest absolute Gasteiger partial charge is 0.215 e. The van der Waals surface area contributed by atoms with Crippen LogP contribution in [0.4, 0.5) is 5.82 Å². The summed E-state index contributed by atoms with van der Waals surface area (Å²) in [4.78, 5) is 15.0. The highest BCUT2D eigenvalue weighted by molar-refractivity contribution is 5.72. The lowest BCUT2D eigenvalue weighted by Gasteiger charge is -2.25. The Morgan fingerprint density at radius 3 is 2.86 bits per heavy atom. The molecule has 0 saturated carbocycles. The lowest BCUT2D eigenvalue weighted by Crippen LogP contribution is -2.35. The zero-order valence-electron chi connectivity index (χ0n) is 13.8. The molecule has 0 radical (unpaired) electrons. The van der Waals surface area contributed by atoms with Gasteiger partial charge in [-0.25, -0.2) is 4.68 Å². The van der Waals surface area contributed by atoms with Crippen molar-refractivity contribution in [2.24, 2.45) is 0 Å². The summed E-state index contributed by atoms with van der Waals surface area (Å²) < 4.78 is 7.30. The maximum Gasteiger partial charge on any atom is 0.215 e. The van der Waals surface area contributed by atoms with E-state index in [1.54, 1.807) is 11.9 Å². The Bertz CT molecular complexity index is 470. The van der Waals surface area contributed by atoms with Crippen molar-refractivity contribution in [1.82, 2.24) is 20.0 Å². The van der Waals surface area contributed by atoms with Crippen LogP contribution in [0, 0.1) is 0 Å². The van der Waals surface area contributed by atoms with Gasteiger partial charge in [0.1, 0.15) is 5.82 Å². The van der Waals surface area contributed by atoms with Gasteiger partial charge >= 0.3 is 0 Å². The van der Waals surface area contributed by atoms with E-state index >= 15 is 0 Å². The Labute approximate surface area is 132 Å². The summed E-state index contributed by atoms with van der Waals surface area (Å²) >= 11 is 0. The molecule has 1 aliphatic heterocycles. The predicted octanol–water partition coefficient (Wildman–Crippen LogP) is 0.306. The average Bonchev–Trinajstić information content (AvgIpc) is 2.95. The normalized spacial score (nSPS) is 17.4. The van der Waals surface area contributed by atoms with Crippen molar-refractivity contribution < 1.29 is 9.53 Å². The van der Waals surface area contributed by atoms with E-state index in [-0.39, 0.29) is 0 Å². The Kier molecular flexibility index (Phi) is 6.35. The van der Waals surface area contributed by atoms with E-state index in [1.165, 1.54) is 0 Å². The molecule has 2 rings (SSSR count). The van der Waals surface area contributed by atoms with Crippen LogP contribution in [-0.4, -0.2) is 67.5 Å². The number of amides is 1. The van der Waals surface area contributed by atoms with Gasteiger partial charge in [0.25, 0.3) is 0 Å². The minimum Gasteiger partial charge on any atom is -0.379 e. The lowest BCUT2D eigenvalue weighted by molar-refractivity contribution is -0.107. The van der Waals surface area contributed by atoms with Crippen molar-refractivity contribution in [3.05, 3.63) is 11.8 Å². The molecule has 0 spiro atoms. The second-order valence-electron chi connectivity index (χ2n) is 5.80. The van der Waals surface area contributed by atoms with Crippen LogP contribution in [0.3, 0.4) is 0 Å². The molecule has 1 aliphatic rings. The summed E-state index contributed by atoms with van der Waals surface area (Å²) in [7, 11) is 3.72. The summed E-state index contributed by atoms with van der Waals surface area (Å²) in [6, 6.07) is 2.43. The van der Waals surface area contributed by atoms with Gasteiger partial charge in [-0.1, -0.05) is 0 Å². The lowest BCUT2D eigenvalue weighted by atomic mass is 10.2. The zero-order valence-corrected chi connectivity index (χ0v) is 13.8. The maximum atomic E-state index is 11.1. The molecule has 7 nitrogen and oxygen atoms in total. The number of aryl methyl sites for hydroxylation is 1. The van der Waals surface area contributed by atoms with Crippen molar-refractivity contribution >= 4 is 12.2 Å². The molecule has 1 N–H and O–H groups in total. The van der Waals surface area contributed by atoms with Crippen LogP contribution in [0.25, 0.3) is 0 Å². The van der Waals surface area contributed by atoms with Gasteiger partial charge in [0, 0.05) is 45.3 Å². The first-order valence-corrected chi connectivity index (χ1v) is 7.86. The molecule has 124 valence electrons. The Hall–Kier alpha value is -1.44. The Morgan fingerprint density at radius 1 is 1.50 bits per heavy atom. The Morgan fingerprint density at radius 2 is 2.23 bits per heavy atom. The summed E-state index contributed by atoms with van der Waals surface area (Å²) in [5, 5.41) is 7.91. The molecule has 1 aromatic heterocycles. The first kappa shape index (κ1) is 16.9. The van der Waals surface area contributed by atoms with Crippen molar-refractivity contribution in [3.63, 3.8) is 0 Å². The fourth-order valence-electron chi connectivity index (χ4n) is 2.49. The number of anilines is 1. The molecule has 0 aromatic carbocycles. The highest BCUT2D eigenvalue weighted by atomic mass is 16.5. The number of hydrogen-bond donors (Lipinski definition) is 1. The third-order valence-electron chi connectivity index (χ3n) is 4.08. The molecule has 1 fully saturated rings. The molecular formula is C15H27N5O2. The van der Waals surface area contributed by atoms with Crippen LogP contribution >= 0.6 is 0 Å². The fourth-order valence-corrected chi connectivity index (χ4v) is 2.49. The standard InChI is InChI=1S/C15H27N5O2/c1-13(16-2)4-5-20-15(18(3)12-21)10-14(17-20)11-19-6-8-22-9-7-19/h10,12-13,16H,4-9,11H2,1-3H3. The maximum absolute atomic E-state index is 11.1. The summed E-state index contributed by atoms with van der Waals surface area (Å²) in [6.07, 6.45) is 1.79. The largest absolute Gasteiger partial charge is 0.379 e. The summed E-state index contributed by atoms with van der Waals surface area (Å²) in [5.41, 5.74) is 1.00. The molecule has 7 heteroatoms. The van der Waals surface area contributed by atoms with Crippen molar-refractivity contribution in [3.8, 4) is 0 Å². The molecule has 1 amide bonds. The molecule has 1 saturated heterocycles. The topological polar surface area (TPSA) is 62.6 Å². The summed E-state index contributed by atoms with van der Waals surface area (Å²) in [5.74, 6) is 0.849. The van der Waals surface area contributed by atoms with Crippen LogP contribution in [0.1, 0.15) is 19.0 Å². The first-order valence-electron chi connectivity index (χ1n) is 7.86. The van der Waals surface area contributed by atoms with Crippen LogP contribution in [0.2, 0.25) is 0 Å². The number of aromatic nitrogens is 2. The van der Waals surface area contributed by atoms with Crippen molar-refractivity contribution in [2.45, 2.75) is 32.5 Å². The van der Waals surface area contributed by atoms with Crippen molar-refractivity contribution in [1.29, 1.82) is 0 Å². The van der Waals surface area contributed by atoms with Gasteiger partial charge in [-0.3, -0.25) is 9.69 Å². The number of ether oxygens (including phenoxy) is 1. The molecule has 1 aromatic rings. The summed E-state index contributed by atoms with van der Waals surface area (Å²) in [6.45, 7) is 7.16. The zero-order chi connectivity index (χ0) is 15.9. The predicted molar refractivity (Wildman–Crippen MR) is 85.9 cm³/mol. The number of hydrogen-bond acceptors (Lipinski definition) is 5. The second-order valence-corrected chi connectivity index (χ2v) is 5.80. The third-order valence-corrected chi connectivity index (χ3v) is 4.08. The van der Waals surface area contributed by atoms with E-state index in [2.05, 4.69) is 22.2 Å². The van der Waals surface area contributed by atoms with E-state index in [1.807, 2.05) is 17.8 Å². The second kappa shape index (κ2) is 8.26.